The standard InChI is InChI=1S/2C25H31ClN6O3/c2*1-14(2)27-10-20(16-4-6-17(26)7-5-16)24(33)32-18-8-9-19(32)12-31(11-18)23-21-15(3)35-25(34)30-22(21)28-13-29-23/h2*4-7,13-15,18-20,27H,8-12H2,1-3H3,(H,28,29,30,34)/t15-,18?,19?,20+;15-,18?,19?,20-/m01/s1. The molecule has 2 aromatic heterocycles. The fraction of sp³-hybridized carbons (Fsp3) is 0.520. The molecule has 372 valence electrons. The van der Waals surface area contributed by atoms with Crippen molar-refractivity contribution in [1.29, 1.82) is 0 Å². The lowest BCUT2D eigenvalue weighted by molar-refractivity contribution is -0.137. The SMILES string of the molecule is CC(C)NC[C@@H](C(=O)N1C2CCC1CN(c1ncnc3c1[C@@H](C)OC(=O)N3)C2)c1ccc(Cl)cc1.CC(C)NC[C@@H](C(=O)N1C2CCC1CN(c1ncnc3c1[C@H](C)OC(=O)N3)C2)c1ccc(Cl)cc1. The number of anilines is 4. The topological polar surface area (TPSA) is 199 Å². The first-order valence-electron chi connectivity index (χ1n) is 24.4. The first kappa shape index (κ1) is 49.2. The van der Waals surface area contributed by atoms with Gasteiger partial charge in [0.25, 0.3) is 0 Å². The maximum atomic E-state index is 14.0. The van der Waals surface area contributed by atoms with E-state index in [1.165, 1.54) is 12.7 Å². The zero-order valence-corrected chi connectivity index (χ0v) is 41.9. The van der Waals surface area contributed by atoms with Gasteiger partial charge in [0.1, 0.15) is 48.1 Å². The fourth-order valence-electron chi connectivity index (χ4n) is 10.9. The summed E-state index contributed by atoms with van der Waals surface area (Å²) < 4.78 is 10.7. The number of halogens is 2. The second-order valence-electron chi connectivity index (χ2n) is 19.7. The van der Waals surface area contributed by atoms with Gasteiger partial charge in [-0.2, -0.15) is 0 Å². The van der Waals surface area contributed by atoms with E-state index in [1.54, 1.807) is 0 Å². The molecule has 4 amide bonds. The molecule has 20 heteroatoms. The molecule has 0 aliphatic carbocycles. The highest BCUT2D eigenvalue weighted by Crippen LogP contribution is 2.42. The van der Waals surface area contributed by atoms with Crippen molar-refractivity contribution in [1.82, 2.24) is 40.4 Å². The van der Waals surface area contributed by atoms with E-state index < -0.39 is 24.4 Å². The van der Waals surface area contributed by atoms with Crippen molar-refractivity contribution in [3.05, 3.63) is 93.5 Å². The molecule has 8 heterocycles. The Morgan fingerprint density at radius 3 is 1.27 bits per heavy atom. The van der Waals surface area contributed by atoms with Gasteiger partial charge in [-0.05, 0) is 74.9 Å². The first-order chi connectivity index (χ1) is 33.6. The first-order valence-corrected chi connectivity index (χ1v) is 25.2. The van der Waals surface area contributed by atoms with Crippen molar-refractivity contribution < 1.29 is 28.7 Å². The molecule has 4 aromatic rings. The van der Waals surface area contributed by atoms with Gasteiger partial charge in [-0.15, -0.1) is 0 Å². The number of amides is 4. The summed E-state index contributed by atoms with van der Waals surface area (Å²) in [6.45, 7) is 15.9. The van der Waals surface area contributed by atoms with E-state index in [1.807, 2.05) is 62.4 Å². The summed E-state index contributed by atoms with van der Waals surface area (Å²) in [6, 6.07) is 16.1. The van der Waals surface area contributed by atoms with Crippen LogP contribution in [0.15, 0.2) is 61.2 Å². The number of piperazine rings is 2. The minimum Gasteiger partial charge on any atom is -0.441 e. The van der Waals surface area contributed by atoms with Crippen LogP contribution in [0.3, 0.4) is 0 Å². The lowest BCUT2D eigenvalue weighted by atomic mass is 9.95. The number of nitrogens with zero attached hydrogens (tertiary/aromatic N) is 8. The molecule has 10 rings (SSSR count). The van der Waals surface area contributed by atoms with Gasteiger partial charge in [-0.1, -0.05) is 75.2 Å². The van der Waals surface area contributed by atoms with Gasteiger partial charge >= 0.3 is 12.2 Å². The van der Waals surface area contributed by atoms with Gasteiger partial charge in [0.15, 0.2) is 0 Å². The molecule has 2 aromatic carbocycles. The van der Waals surface area contributed by atoms with Crippen molar-refractivity contribution in [2.24, 2.45) is 0 Å². The smallest absolute Gasteiger partial charge is 0.413 e. The summed E-state index contributed by atoms with van der Waals surface area (Å²) in [5, 5.41) is 13.6. The van der Waals surface area contributed by atoms with Crippen LogP contribution < -0.4 is 31.1 Å². The van der Waals surface area contributed by atoms with E-state index in [2.05, 4.69) is 88.5 Å². The van der Waals surface area contributed by atoms with Crippen LogP contribution in [0.4, 0.5) is 32.9 Å². The number of hydrogen-bond acceptors (Lipinski definition) is 14. The van der Waals surface area contributed by atoms with E-state index in [-0.39, 0.29) is 59.9 Å². The van der Waals surface area contributed by atoms with Crippen LogP contribution in [0.2, 0.25) is 10.0 Å². The third-order valence-electron chi connectivity index (χ3n) is 14.2. The van der Waals surface area contributed by atoms with Crippen molar-refractivity contribution >= 4 is 70.5 Å². The molecule has 4 unspecified atom stereocenters. The quantitative estimate of drug-likeness (QED) is 0.109. The summed E-state index contributed by atoms with van der Waals surface area (Å²) in [5.41, 5.74) is 3.51. The van der Waals surface area contributed by atoms with Gasteiger partial charge < -0.3 is 39.7 Å². The molecule has 0 radical (unpaired) electrons. The third-order valence-corrected chi connectivity index (χ3v) is 14.7. The molecular formula is C50H62Cl2N12O6. The highest BCUT2D eigenvalue weighted by atomic mass is 35.5. The monoisotopic (exact) mass is 996 g/mol. The molecule has 18 nitrogen and oxygen atoms in total. The summed E-state index contributed by atoms with van der Waals surface area (Å²) >= 11 is 12.2. The van der Waals surface area contributed by atoms with Crippen LogP contribution in [-0.4, -0.2) is 129 Å². The predicted octanol–water partition coefficient (Wildman–Crippen LogP) is 7.43. The van der Waals surface area contributed by atoms with E-state index in [0.717, 1.165) is 59.6 Å². The second kappa shape index (κ2) is 20.9. The lowest BCUT2D eigenvalue weighted by Crippen LogP contribution is -2.58. The zero-order valence-electron chi connectivity index (χ0n) is 40.4. The van der Waals surface area contributed by atoms with Crippen molar-refractivity contribution in [2.75, 3.05) is 59.7 Å². The Labute approximate surface area is 418 Å². The van der Waals surface area contributed by atoms with Crippen LogP contribution in [0, 0.1) is 0 Å². The van der Waals surface area contributed by atoms with Gasteiger partial charge in [-0.3, -0.25) is 20.2 Å². The number of carbonyl (C=O) groups excluding carboxylic acids is 4. The van der Waals surface area contributed by atoms with E-state index in [4.69, 9.17) is 32.7 Å². The molecule has 8 atom stereocenters. The Kier molecular flexibility index (Phi) is 14.7. The number of benzene rings is 2. The minimum absolute atomic E-state index is 0.0927. The summed E-state index contributed by atoms with van der Waals surface area (Å²) in [6.07, 6.45) is 4.86. The Bertz CT molecular complexity index is 2370. The number of aromatic nitrogens is 4. The number of fused-ring (bicyclic) bond motifs is 6. The zero-order chi connectivity index (χ0) is 49.4. The molecule has 4 fully saturated rings. The van der Waals surface area contributed by atoms with Gasteiger partial charge in [0.05, 0.1) is 23.0 Å². The molecule has 4 saturated heterocycles. The molecule has 6 aliphatic rings. The van der Waals surface area contributed by atoms with E-state index >= 15 is 0 Å². The lowest BCUT2D eigenvalue weighted by Gasteiger charge is -2.44. The summed E-state index contributed by atoms with van der Waals surface area (Å²) in [4.78, 5) is 77.7. The predicted molar refractivity (Wildman–Crippen MR) is 268 cm³/mol. The second-order valence-corrected chi connectivity index (χ2v) is 20.5. The number of nitrogens with one attached hydrogen (secondary N) is 4. The van der Waals surface area contributed by atoms with E-state index in [9.17, 15) is 19.2 Å². The molecule has 4 N–H and O–H groups in total. The normalized spacial score (nSPS) is 24.1. The van der Waals surface area contributed by atoms with Crippen molar-refractivity contribution in [2.45, 2.75) is 128 Å². The Morgan fingerprint density at radius 1 is 0.600 bits per heavy atom. The van der Waals surface area contributed by atoms with Gasteiger partial charge in [-0.25, -0.2) is 29.5 Å². The minimum atomic E-state index is -0.506. The third kappa shape index (κ3) is 10.3. The Balaban J connectivity index is 0.000000174. The van der Waals surface area contributed by atoms with Gasteiger partial charge in [0.2, 0.25) is 11.8 Å². The Hall–Kier alpha value is -5.82. The number of cyclic esters (lactones) is 2. The fourth-order valence-corrected chi connectivity index (χ4v) is 11.2. The number of hydrogen-bond donors (Lipinski definition) is 4. The van der Waals surface area contributed by atoms with Crippen LogP contribution in [0.1, 0.15) is 114 Å². The molecular weight excluding hydrogens is 936 g/mol. The van der Waals surface area contributed by atoms with Crippen LogP contribution in [0.25, 0.3) is 0 Å². The maximum Gasteiger partial charge on any atom is 0.413 e. The number of carbonyl (C=O) groups is 4. The van der Waals surface area contributed by atoms with E-state index in [0.29, 0.717) is 60.9 Å². The summed E-state index contributed by atoms with van der Waals surface area (Å²) in [7, 11) is 0. The average Bonchev–Trinajstić information content (AvgIpc) is 3.75. The average molecular weight is 998 g/mol. The Morgan fingerprint density at radius 2 is 0.943 bits per heavy atom. The molecule has 0 spiro atoms. The van der Waals surface area contributed by atoms with Crippen LogP contribution >= 0.6 is 23.2 Å². The van der Waals surface area contributed by atoms with Crippen LogP contribution in [-0.2, 0) is 19.1 Å². The molecule has 0 saturated carbocycles. The van der Waals surface area contributed by atoms with Crippen molar-refractivity contribution in [3.63, 3.8) is 0 Å². The highest BCUT2D eigenvalue weighted by molar-refractivity contribution is 6.30. The maximum absolute atomic E-state index is 14.0. The number of rotatable bonds is 12. The van der Waals surface area contributed by atoms with Gasteiger partial charge in [0, 0.05) is 85.6 Å². The van der Waals surface area contributed by atoms with Crippen LogP contribution in [0.5, 0.6) is 0 Å². The number of ether oxygens (including phenoxy) is 2. The molecule has 6 aliphatic heterocycles. The molecule has 70 heavy (non-hydrogen) atoms. The highest BCUT2D eigenvalue weighted by Gasteiger charge is 2.48. The molecule has 4 bridgehead atoms. The summed E-state index contributed by atoms with van der Waals surface area (Å²) in [5.74, 6) is 2.27. The largest absolute Gasteiger partial charge is 0.441 e. The van der Waals surface area contributed by atoms with Crippen molar-refractivity contribution in [3.8, 4) is 0 Å².